The number of rotatable bonds is 5. The van der Waals surface area contributed by atoms with Crippen molar-refractivity contribution in [1.29, 1.82) is 0 Å². The summed E-state index contributed by atoms with van der Waals surface area (Å²) < 4.78 is 26.7. The minimum atomic E-state index is -3.71. The fourth-order valence-corrected chi connectivity index (χ4v) is 3.80. The van der Waals surface area contributed by atoms with E-state index in [4.69, 9.17) is 11.6 Å². The number of carbonyl (C=O) groups excluding carboxylic acids is 1. The van der Waals surface area contributed by atoms with Crippen LogP contribution in [0.5, 0.6) is 0 Å². The lowest BCUT2D eigenvalue weighted by molar-refractivity contribution is 0.102. The smallest absolute Gasteiger partial charge is 0.264 e. The van der Waals surface area contributed by atoms with Gasteiger partial charge in [-0.2, -0.15) is 0 Å². The second-order valence-electron chi connectivity index (χ2n) is 5.80. The maximum Gasteiger partial charge on any atom is 0.264 e. The van der Waals surface area contributed by atoms with Crippen LogP contribution in [0.1, 0.15) is 10.4 Å². The Morgan fingerprint density at radius 1 is 0.926 bits per heavy atom. The molecule has 1 amide bonds. The molecular formula is C20H17ClN2O3S. The summed E-state index contributed by atoms with van der Waals surface area (Å²) >= 11 is 5.84. The van der Waals surface area contributed by atoms with Crippen molar-refractivity contribution in [3.63, 3.8) is 0 Å². The zero-order chi connectivity index (χ0) is 19.4. The maximum absolute atomic E-state index is 12.7. The maximum atomic E-state index is 12.7. The molecule has 0 unspecified atom stereocenters. The van der Waals surface area contributed by atoms with Crippen molar-refractivity contribution >= 4 is 38.9 Å². The topological polar surface area (TPSA) is 66.5 Å². The number of halogens is 1. The van der Waals surface area contributed by atoms with Gasteiger partial charge in [-0.25, -0.2) is 8.42 Å². The van der Waals surface area contributed by atoms with Gasteiger partial charge in [0, 0.05) is 23.3 Å². The Balaban J connectivity index is 1.84. The minimum absolute atomic E-state index is 0.184. The predicted molar refractivity (Wildman–Crippen MR) is 108 cm³/mol. The lowest BCUT2D eigenvalue weighted by Gasteiger charge is -2.20. The van der Waals surface area contributed by atoms with Gasteiger partial charge in [-0.15, -0.1) is 0 Å². The van der Waals surface area contributed by atoms with Crippen LogP contribution in [0.2, 0.25) is 5.02 Å². The third kappa shape index (κ3) is 4.30. The van der Waals surface area contributed by atoms with E-state index < -0.39 is 10.0 Å². The molecule has 0 radical (unpaired) electrons. The van der Waals surface area contributed by atoms with Gasteiger partial charge in [0.05, 0.1) is 10.6 Å². The summed E-state index contributed by atoms with van der Waals surface area (Å²) in [6, 6.07) is 21.3. The predicted octanol–water partition coefficient (Wildman–Crippen LogP) is 4.42. The molecule has 0 heterocycles. The largest absolute Gasteiger partial charge is 0.322 e. The van der Waals surface area contributed by atoms with E-state index in [0.717, 1.165) is 4.31 Å². The van der Waals surface area contributed by atoms with Crippen LogP contribution in [0, 0.1) is 0 Å². The van der Waals surface area contributed by atoms with Crippen molar-refractivity contribution < 1.29 is 13.2 Å². The molecule has 0 aromatic heterocycles. The third-order valence-corrected chi connectivity index (χ3v) is 6.03. The molecule has 0 atom stereocenters. The molecule has 0 saturated carbocycles. The molecule has 1 N–H and O–H groups in total. The van der Waals surface area contributed by atoms with Gasteiger partial charge in [-0.3, -0.25) is 9.10 Å². The zero-order valence-electron chi connectivity index (χ0n) is 14.5. The van der Waals surface area contributed by atoms with E-state index in [0.29, 0.717) is 22.0 Å². The van der Waals surface area contributed by atoms with E-state index in [9.17, 15) is 13.2 Å². The summed E-state index contributed by atoms with van der Waals surface area (Å²) in [5.41, 5.74) is 1.33. The second-order valence-corrected chi connectivity index (χ2v) is 8.20. The Hall–Kier alpha value is -2.83. The molecule has 0 aliphatic carbocycles. The summed E-state index contributed by atoms with van der Waals surface area (Å²) in [5, 5.41) is 3.33. The van der Waals surface area contributed by atoms with Gasteiger partial charge in [-0.05, 0) is 54.6 Å². The number of carbonyl (C=O) groups is 1. The van der Waals surface area contributed by atoms with E-state index in [2.05, 4.69) is 5.32 Å². The number of sulfonamides is 1. The zero-order valence-corrected chi connectivity index (χ0v) is 16.0. The number of nitrogens with one attached hydrogen (secondary N) is 1. The van der Waals surface area contributed by atoms with Crippen LogP contribution in [-0.4, -0.2) is 21.4 Å². The molecule has 7 heteroatoms. The van der Waals surface area contributed by atoms with Gasteiger partial charge < -0.3 is 5.32 Å². The highest BCUT2D eigenvalue weighted by Gasteiger charge is 2.21. The Morgan fingerprint density at radius 2 is 1.59 bits per heavy atom. The first-order valence-electron chi connectivity index (χ1n) is 8.09. The third-order valence-electron chi connectivity index (χ3n) is 3.98. The van der Waals surface area contributed by atoms with Gasteiger partial charge in [0.1, 0.15) is 0 Å². The first kappa shape index (κ1) is 18.9. The quantitative estimate of drug-likeness (QED) is 0.689. The van der Waals surface area contributed by atoms with Crippen LogP contribution in [0.3, 0.4) is 0 Å². The molecule has 0 fully saturated rings. The van der Waals surface area contributed by atoms with E-state index in [1.54, 1.807) is 60.7 Å². The summed E-state index contributed by atoms with van der Waals surface area (Å²) in [6.45, 7) is 0. The molecule has 0 bridgehead atoms. The van der Waals surface area contributed by atoms with Gasteiger partial charge in [0.2, 0.25) is 0 Å². The minimum Gasteiger partial charge on any atom is -0.322 e. The summed E-state index contributed by atoms with van der Waals surface area (Å²) in [7, 11) is -2.25. The van der Waals surface area contributed by atoms with Gasteiger partial charge in [0.15, 0.2) is 0 Å². The Labute approximate surface area is 163 Å². The van der Waals surface area contributed by atoms with Crippen molar-refractivity contribution in [1.82, 2.24) is 0 Å². The lowest BCUT2D eigenvalue weighted by Crippen LogP contribution is -2.26. The highest BCUT2D eigenvalue weighted by atomic mass is 35.5. The highest BCUT2D eigenvalue weighted by molar-refractivity contribution is 7.92. The van der Waals surface area contributed by atoms with Gasteiger partial charge in [0.25, 0.3) is 15.9 Å². The van der Waals surface area contributed by atoms with Crippen molar-refractivity contribution in [3.8, 4) is 0 Å². The van der Waals surface area contributed by atoms with Crippen LogP contribution in [-0.2, 0) is 10.0 Å². The summed E-state index contributed by atoms with van der Waals surface area (Å²) in [6.07, 6.45) is 0. The molecule has 0 aliphatic rings. The van der Waals surface area contributed by atoms with E-state index in [1.165, 1.54) is 25.2 Å². The number of hydrogen-bond acceptors (Lipinski definition) is 3. The number of nitrogens with zero attached hydrogens (tertiary/aromatic N) is 1. The van der Waals surface area contributed by atoms with Crippen LogP contribution in [0.4, 0.5) is 11.4 Å². The van der Waals surface area contributed by atoms with Crippen molar-refractivity contribution in [2.24, 2.45) is 0 Å². The molecule has 3 aromatic carbocycles. The van der Waals surface area contributed by atoms with E-state index in [-0.39, 0.29) is 10.8 Å². The lowest BCUT2D eigenvalue weighted by atomic mass is 10.2. The first-order chi connectivity index (χ1) is 12.9. The fourth-order valence-electron chi connectivity index (χ4n) is 2.47. The highest BCUT2D eigenvalue weighted by Crippen LogP contribution is 2.23. The van der Waals surface area contributed by atoms with Crippen molar-refractivity contribution in [2.45, 2.75) is 4.90 Å². The summed E-state index contributed by atoms with van der Waals surface area (Å²) in [4.78, 5) is 12.7. The average Bonchev–Trinajstić information content (AvgIpc) is 2.70. The molecular weight excluding hydrogens is 384 g/mol. The number of hydrogen-bond donors (Lipinski definition) is 1. The normalized spacial score (nSPS) is 11.0. The van der Waals surface area contributed by atoms with Gasteiger partial charge in [-0.1, -0.05) is 35.9 Å². The Bertz CT molecular complexity index is 1050. The second kappa shape index (κ2) is 7.82. The van der Waals surface area contributed by atoms with Crippen LogP contribution in [0.15, 0.2) is 83.8 Å². The van der Waals surface area contributed by atoms with Crippen LogP contribution < -0.4 is 9.62 Å². The molecule has 0 saturated heterocycles. The SMILES string of the molecule is CN(c1cccc(C(=O)Nc2ccc(Cl)cc2)c1)S(=O)(=O)c1ccccc1. The Kier molecular flexibility index (Phi) is 5.48. The fraction of sp³-hybridized carbons (Fsp3) is 0.0500. The van der Waals surface area contributed by atoms with Crippen LogP contribution >= 0.6 is 11.6 Å². The molecule has 5 nitrogen and oxygen atoms in total. The average molecular weight is 401 g/mol. The van der Waals surface area contributed by atoms with E-state index in [1.807, 2.05) is 0 Å². The molecule has 3 aromatic rings. The number of amides is 1. The molecule has 138 valence electrons. The monoisotopic (exact) mass is 400 g/mol. The summed E-state index contributed by atoms with van der Waals surface area (Å²) in [5.74, 6) is -0.343. The first-order valence-corrected chi connectivity index (χ1v) is 9.91. The standard InChI is InChI=1S/C20H17ClN2O3S/c1-23(27(25,26)19-8-3-2-4-9-19)18-7-5-6-15(14-18)20(24)22-17-12-10-16(21)11-13-17/h2-14H,1H3,(H,22,24). The number of anilines is 2. The van der Waals surface area contributed by atoms with E-state index >= 15 is 0 Å². The number of benzene rings is 3. The molecule has 0 aliphatic heterocycles. The van der Waals surface area contributed by atoms with Crippen LogP contribution in [0.25, 0.3) is 0 Å². The van der Waals surface area contributed by atoms with Crippen molar-refractivity contribution in [2.75, 3.05) is 16.7 Å². The molecule has 27 heavy (non-hydrogen) atoms. The van der Waals surface area contributed by atoms with Crippen molar-refractivity contribution in [3.05, 3.63) is 89.4 Å². The Morgan fingerprint density at radius 3 is 2.26 bits per heavy atom. The molecule has 3 rings (SSSR count). The van der Waals surface area contributed by atoms with Gasteiger partial charge >= 0.3 is 0 Å². The molecule has 0 spiro atoms.